The lowest BCUT2D eigenvalue weighted by molar-refractivity contribution is 0.0880. The summed E-state index contributed by atoms with van der Waals surface area (Å²) in [6.07, 6.45) is 1.60. The van der Waals surface area contributed by atoms with Crippen LogP contribution in [0.15, 0.2) is 47.0 Å². The number of hydrogen-bond acceptors (Lipinski definition) is 8. The van der Waals surface area contributed by atoms with Gasteiger partial charge in [0.25, 0.3) is 5.91 Å². The van der Waals surface area contributed by atoms with Gasteiger partial charge in [-0.25, -0.2) is 9.67 Å². The first-order valence-electron chi connectivity index (χ1n) is 10.1. The molecule has 10 heteroatoms. The van der Waals surface area contributed by atoms with E-state index in [1.165, 1.54) is 12.1 Å². The Morgan fingerprint density at radius 2 is 2.09 bits per heavy atom. The van der Waals surface area contributed by atoms with E-state index in [1.807, 2.05) is 52.0 Å². The fourth-order valence-electron chi connectivity index (χ4n) is 3.38. The summed E-state index contributed by atoms with van der Waals surface area (Å²) in [7, 11) is 0. The van der Waals surface area contributed by atoms with Gasteiger partial charge in [0.2, 0.25) is 0 Å². The minimum absolute atomic E-state index is 0.224. The SMILES string of the molecule is Cc1cc(C)n(-c2cc(C(=O)NC(C)(C)COc3cccc4c3C(N)=NSN4)ccn2)n1. The second-order valence-electron chi connectivity index (χ2n) is 8.22. The number of fused-ring (bicyclic) bond motifs is 1. The van der Waals surface area contributed by atoms with Crippen LogP contribution in [0, 0.1) is 13.8 Å². The molecule has 9 nitrogen and oxygen atoms in total. The fraction of sp³-hybridized carbons (Fsp3) is 0.273. The summed E-state index contributed by atoms with van der Waals surface area (Å²) in [5.74, 6) is 1.37. The number of carbonyl (C=O) groups is 1. The zero-order valence-electron chi connectivity index (χ0n) is 18.3. The van der Waals surface area contributed by atoms with E-state index in [0.717, 1.165) is 22.6 Å². The third-order valence-electron chi connectivity index (χ3n) is 4.86. The maximum Gasteiger partial charge on any atom is 0.252 e. The molecule has 0 aliphatic carbocycles. The number of rotatable bonds is 6. The molecule has 1 aliphatic rings. The topological polar surface area (TPSA) is 119 Å². The molecule has 1 aromatic carbocycles. The Hall–Kier alpha value is -3.53. The smallest absolute Gasteiger partial charge is 0.252 e. The van der Waals surface area contributed by atoms with Crippen molar-refractivity contribution in [3.8, 4) is 11.6 Å². The number of nitrogens with zero attached hydrogens (tertiary/aromatic N) is 4. The average Bonchev–Trinajstić information content (AvgIpc) is 3.10. The Labute approximate surface area is 190 Å². The first kappa shape index (κ1) is 21.7. The number of amides is 1. The number of benzene rings is 1. The lowest BCUT2D eigenvalue weighted by atomic mass is 10.1. The maximum absolute atomic E-state index is 13.0. The van der Waals surface area contributed by atoms with Crippen LogP contribution in [0.25, 0.3) is 5.82 Å². The van der Waals surface area contributed by atoms with Gasteiger partial charge in [-0.2, -0.15) is 9.50 Å². The summed E-state index contributed by atoms with van der Waals surface area (Å²) >= 11 is 1.17. The number of hydrogen-bond donors (Lipinski definition) is 3. The van der Waals surface area contributed by atoms with Crippen LogP contribution in [0.3, 0.4) is 0 Å². The van der Waals surface area contributed by atoms with Crippen molar-refractivity contribution in [3.05, 3.63) is 65.1 Å². The molecule has 1 aliphatic heterocycles. The fourth-order valence-corrected chi connectivity index (χ4v) is 3.88. The number of carbonyl (C=O) groups excluding carboxylic acids is 1. The summed E-state index contributed by atoms with van der Waals surface area (Å²) in [6.45, 7) is 7.90. The first-order chi connectivity index (χ1) is 15.2. The average molecular weight is 452 g/mol. The van der Waals surface area contributed by atoms with Crippen LogP contribution >= 0.6 is 12.1 Å². The largest absolute Gasteiger partial charge is 0.490 e. The molecule has 3 aromatic rings. The number of nitrogens with two attached hydrogens (primary N) is 1. The van der Waals surface area contributed by atoms with Gasteiger partial charge in [0.1, 0.15) is 18.2 Å². The third-order valence-corrected chi connectivity index (χ3v) is 5.46. The van der Waals surface area contributed by atoms with Crippen LogP contribution in [0.5, 0.6) is 5.75 Å². The molecule has 3 heterocycles. The van der Waals surface area contributed by atoms with Gasteiger partial charge in [0.15, 0.2) is 5.82 Å². The van der Waals surface area contributed by atoms with Gasteiger partial charge in [-0.3, -0.25) is 4.79 Å². The van der Waals surface area contributed by atoms with Crippen molar-refractivity contribution in [2.75, 3.05) is 11.3 Å². The summed E-state index contributed by atoms with van der Waals surface area (Å²) in [4.78, 5) is 17.3. The van der Waals surface area contributed by atoms with E-state index >= 15 is 0 Å². The highest BCUT2D eigenvalue weighted by atomic mass is 32.2. The molecular formula is C22H25N7O2S. The molecule has 0 atom stereocenters. The molecule has 2 aromatic heterocycles. The van der Waals surface area contributed by atoms with Gasteiger partial charge in [0.05, 0.1) is 34.6 Å². The molecule has 0 saturated heterocycles. The minimum Gasteiger partial charge on any atom is -0.490 e. The van der Waals surface area contributed by atoms with Gasteiger partial charge < -0.3 is 20.5 Å². The highest BCUT2D eigenvalue weighted by Gasteiger charge is 2.25. The molecule has 4 rings (SSSR count). The molecule has 166 valence electrons. The summed E-state index contributed by atoms with van der Waals surface area (Å²) < 4.78 is 15.0. The Morgan fingerprint density at radius 3 is 2.84 bits per heavy atom. The maximum atomic E-state index is 13.0. The molecule has 0 bridgehead atoms. The van der Waals surface area contributed by atoms with Crippen molar-refractivity contribution >= 4 is 29.6 Å². The summed E-state index contributed by atoms with van der Waals surface area (Å²) in [6, 6.07) is 11.0. The normalized spacial score (nSPS) is 13.1. The van der Waals surface area contributed by atoms with Crippen molar-refractivity contribution in [2.24, 2.45) is 10.1 Å². The number of pyridine rings is 1. The number of amidine groups is 1. The van der Waals surface area contributed by atoms with Gasteiger partial charge in [0, 0.05) is 17.5 Å². The molecule has 0 saturated carbocycles. The second-order valence-corrected chi connectivity index (χ2v) is 8.79. The lowest BCUT2D eigenvalue weighted by Crippen LogP contribution is -2.48. The van der Waals surface area contributed by atoms with Crippen molar-refractivity contribution in [3.63, 3.8) is 0 Å². The van der Waals surface area contributed by atoms with E-state index in [0.29, 0.717) is 23.0 Å². The van der Waals surface area contributed by atoms with Crippen LogP contribution in [-0.4, -0.2) is 38.7 Å². The molecule has 4 N–H and O–H groups in total. The van der Waals surface area contributed by atoms with Crippen LogP contribution < -0.4 is 20.5 Å². The standard InChI is InChI=1S/C22H25N7O2S/c1-13-10-14(2)29(26-13)18-11-15(8-9-24-18)21(30)25-22(3,4)12-31-17-7-5-6-16-19(17)20(23)28-32-27-16/h5-11,27H,12H2,1-4H3,(H2,23,28)(H,25,30). The van der Waals surface area contributed by atoms with E-state index < -0.39 is 5.54 Å². The molecular weight excluding hydrogens is 426 g/mol. The number of nitrogens with one attached hydrogen (secondary N) is 2. The summed E-state index contributed by atoms with van der Waals surface area (Å²) in [5.41, 5.74) is 9.28. The Bertz CT molecular complexity index is 1200. The predicted octanol–water partition coefficient (Wildman–Crippen LogP) is 3.17. The van der Waals surface area contributed by atoms with E-state index in [4.69, 9.17) is 10.5 Å². The lowest BCUT2D eigenvalue weighted by Gasteiger charge is -2.27. The quantitative estimate of drug-likeness (QED) is 0.493. The minimum atomic E-state index is -0.649. The van der Waals surface area contributed by atoms with E-state index in [-0.39, 0.29) is 12.5 Å². The number of aromatic nitrogens is 3. The number of anilines is 1. The summed E-state index contributed by atoms with van der Waals surface area (Å²) in [5, 5.41) is 7.47. The van der Waals surface area contributed by atoms with E-state index in [1.54, 1.807) is 23.0 Å². The van der Waals surface area contributed by atoms with Crippen molar-refractivity contribution < 1.29 is 9.53 Å². The highest BCUT2D eigenvalue weighted by molar-refractivity contribution is 7.99. The van der Waals surface area contributed by atoms with Gasteiger partial charge in [-0.15, -0.1) is 0 Å². The molecule has 0 spiro atoms. The Balaban J connectivity index is 1.47. The van der Waals surface area contributed by atoms with Crippen LogP contribution in [0.2, 0.25) is 0 Å². The monoisotopic (exact) mass is 451 g/mol. The Morgan fingerprint density at radius 1 is 1.28 bits per heavy atom. The van der Waals surface area contributed by atoms with Gasteiger partial charge in [-0.05, 0) is 58.0 Å². The zero-order valence-corrected chi connectivity index (χ0v) is 19.2. The third kappa shape index (κ3) is 4.54. The van der Waals surface area contributed by atoms with Crippen molar-refractivity contribution in [1.82, 2.24) is 20.1 Å². The van der Waals surface area contributed by atoms with Crippen LogP contribution in [0.4, 0.5) is 5.69 Å². The van der Waals surface area contributed by atoms with E-state index in [2.05, 4.69) is 24.5 Å². The van der Waals surface area contributed by atoms with Crippen molar-refractivity contribution in [1.29, 1.82) is 0 Å². The van der Waals surface area contributed by atoms with Crippen molar-refractivity contribution in [2.45, 2.75) is 33.2 Å². The van der Waals surface area contributed by atoms with Crippen LogP contribution in [-0.2, 0) is 0 Å². The molecule has 1 amide bonds. The molecule has 32 heavy (non-hydrogen) atoms. The van der Waals surface area contributed by atoms with E-state index in [9.17, 15) is 4.79 Å². The van der Waals surface area contributed by atoms with Crippen LogP contribution in [0.1, 0.15) is 41.2 Å². The molecule has 0 radical (unpaired) electrons. The van der Waals surface area contributed by atoms with Gasteiger partial charge >= 0.3 is 0 Å². The number of ether oxygens (including phenoxy) is 1. The first-order valence-corrected chi connectivity index (χ1v) is 10.8. The Kier molecular flexibility index (Phi) is 5.79. The molecule has 0 unspecified atom stereocenters. The second kappa shape index (κ2) is 8.54. The highest BCUT2D eigenvalue weighted by Crippen LogP contribution is 2.32. The predicted molar refractivity (Wildman–Crippen MR) is 126 cm³/mol. The van der Waals surface area contributed by atoms with Gasteiger partial charge in [-0.1, -0.05) is 6.07 Å². The molecule has 0 fully saturated rings. The zero-order chi connectivity index (χ0) is 22.9. The number of aryl methyl sites for hydroxylation is 2.